The number of aromatic nitrogens is 2. The third kappa shape index (κ3) is 1.55. The fourth-order valence-corrected chi connectivity index (χ4v) is 1.72. The molecule has 0 aliphatic carbocycles. The van der Waals surface area contributed by atoms with Crippen molar-refractivity contribution >= 4 is 17.4 Å². The Morgan fingerprint density at radius 2 is 2.19 bits per heavy atom. The van der Waals surface area contributed by atoms with Crippen LogP contribution in [0.25, 0.3) is 11.3 Å². The van der Waals surface area contributed by atoms with Gasteiger partial charge in [-0.2, -0.15) is 0 Å². The van der Waals surface area contributed by atoms with E-state index in [1.54, 1.807) is 25.3 Å². The van der Waals surface area contributed by atoms with Crippen LogP contribution in [0.4, 0.5) is 5.82 Å². The van der Waals surface area contributed by atoms with E-state index in [-0.39, 0.29) is 0 Å². The van der Waals surface area contributed by atoms with Crippen molar-refractivity contribution in [3.63, 3.8) is 0 Å². The molecule has 84 valence electrons. The molecule has 5 nitrogen and oxygen atoms in total. The lowest BCUT2D eigenvalue weighted by atomic mass is 10.1. The monoisotopic (exact) mass is 238 g/mol. The molecule has 16 heavy (non-hydrogen) atoms. The summed E-state index contributed by atoms with van der Waals surface area (Å²) in [5, 5.41) is 0.518. The Hall–Kier alpha value is -1.88. The lowest BCUT2D eigenvalue weighted by Gasteiger charge is -2.08. The SMILES string of the molecule is COc1cccc(Cl)c1-c1ncn(N)c1N. The molecule has 0 aliphatic rings. The number of methoxy groups -OCH3 is 1. The minimum absolute atomic E-state index is 0.339. The molecule has 1 aromatic heterocycles. The maximum absolute atomic E-state index is 6.10. The molecule has 0 spiro atoms. The second-order valence-electron chi connectivity index (χ2n) is 3.20. The number of imidazole rings is 1. The van der Waals surface area contributed by atoms with Crippen LogP contribution >= 0.6 is 11.6 Å². The highest BCUT2D eigenvalue weighted by molar-refractivity contribution is 6.33. The highest BCUT2D eigenvalue weighted by Gasteiger charge is 2.16. The molecular weight excluding hydrogens is 228 g/mol. The Morgan fingerprint density at radius 1 is 1.44 bits per heavy atom. The maximum Gasteiger partial charge on any atom is 0.150 e. The lowest BCUT2D eigenvalue weighted by molar-refractivity contribution is 0.416. The fraction of sp³-hybridized carbons (Fsp3) is 0.100. The lowest BCUT2D eigenvalue weighted by Crippen LogP contribution is -2.10. The first-order chi connectivity index (χ1) is 7.65. The van der Waals surface area contributed by atoms with Crippen molar-refractivity contribution in [2.75, 3.05) is 18.7 Å². The second-order valence-corrected chi connectivity index (χ2v) is 3.61. The van der Waals surface area contributed by atoms with E-state index in [1.165, 1.54) is 11.0 Å². The van der Waals surface area contributed by atoms with E-state index >= 15 is 0 Å². The van der Waals surface area contributed by atoms with E-state index in [9.17, 15) is 0 Å². The number of nitrogens with two attached hydrogens (primary N) is 2. The topological polar surface area (TPSA) is 79.1 Å². The minimum atomic E-state index is 0.339. The summed E-state index contributed by atoms with van der Waals surface area (Å²) in [4.78, 5) is 4.10. The van der Waals surface area contributed by atoms with Gasteiger partial charge in [0, 0.05) is 0 Å². The Balaban J connectivity index is 2.68. The van der Waals surface area contributed by atoms with Crippen molar-refractivity contribution < 1.29 is 4.74 Å². The number of anilines is 1. The first-order valence-electron chi connectivity index (χ1n) is 4.56. The molecule has 0 radical (unpaired) electrons. The van der Waals surface area contributed by atoms with E-state index < -0.39 is 0 Å². The van der Waals surface area contributed by atoms with Crippen molar-refractivity contribution in [2.45, 2.75) is 0 Å². The van der Waals surface area contributed by atoms with Crippen molar-refractivity contribution in [3.05, 3.63) is 29.5 Å². The number of nitrogen functional groups attached to an aromatic ring is 2. The van der Waals surface area contributed by atoms with Crippen LogP contribution < -0.4 is 16.3 Å². The Bertz CT molecular complexity index is 524. The first kappa shape index (κ1) is 10.6. The van der Waals surface area contributed by atoms with Crippen LogP contribution in [0, 0.1) is 0 Å². The summed E-state index contributed by atoms with van der Waals surface area (Å²) >= 11 is 6.10. The third-order valence-electron chi connectivity index (χ3n) is 2.26. The van der Waals surface area contributed by atoms with Crippen molar-refractivity contribution in [1.82, 2.24) is 9.66 Å². The molecule has 1 aromatic carbocycles. The molecule has 2 rings (SSSR count). The smallest absolute Gasteiger partial charge is 0.150 e. The molecule has 6 heteroatoms. The molecule has 0 saturated heterocycles. The van der Waals surface area contributed by atoms with Gasteiger partial charge in [0.1, 0.15) is 17.8 Å². The van der Waals surface area contributed by atoms with Gasteiger partial charge in [-0.3, -0.25) is 0 Å². The van der Waals surface area contributed by atoms with Crippen molar-refractivity contribution in [1.29, 1.82) is 0 Å². The average molecular weight is 239 g/mol. The second kappa shape index (κ2) is 3.94. The number of hydrogen-bond acceptors (Lipinski definition) is 4. The molecule has 2 aromatic rings. The number of ether oxygens (including phenoxy) is 1. The minimum Gasteiger partial charge on any atom is -0.496 e. The molecule has 0 bridgehead atoms. The van der Waals surface area contributed by atoms with Gasteiger partial charge in [0.25, 0.3) is 0 Å². The normalized spacial score (nSPS) is 10.4. The fourth-order valence-electron chi connectivity index (χ4n) is 1.47. The van der Waals surface area contributed by atoms with E-state index in [2.05, 4.69) is 4.98 Å². The largest absolute Gasteiger partial charge is 0.496 e. The van der Waals surface area contributed by atoms with Crippen molar-refractivity contribution in [3.8, 4) is 17.0 Å². The van der Waals surface area contributed by atoms with Gasteiger partial charge >= 0.3 is 0 Å². The summed E-state index contributed by atoms with van der Waals surface area (Å²) in [5.41, 5.74) is 6.95. The van der Waals surface area contributed by atoms with Gasteiger partial charge in [0.05, 0.1) is 17.7 Å². The molecule has 0 aliphatic heterocycles. The number of benzene rings is 1. The van der Waals surface area contributed by atoms with Gasteiger partial charge in [0.2, 0.25) is 0 Å². The van der Waals surface area contributed by atoms with E-state index in [1.807, 2.05) is 0 Å². The van der Waals surface area contributed by atoms with Gasteiger partial charge < -0.3 is 16.3 Å². The van der Waals surface area contributed by atoms with Crippen LogP contribution in [-0.2, 0) is 0 Å². The predicted molar refractivity (Wildman–Crippen MR) is 63.8 cm³/mol. The average Bonchev–Trinajstić information content (AvgIpc) is 2.60. The van der Waals surface area contributed by atoms with Crippen LogP contribution in [0.2, 0.25) is 5.02 Å². The number of hydrogen-bond donors (Lipinski definition) is 2. The number of halogens is 1. The summed E-state index contributed by atoms with van der Waals surface area (Å²) in [6.07, 6.45) is 1.42. The van der Waals surface area contributed by atoms with Gasteiger partial charge in [0.15, 0.2) is 5.82 Å². The Kier molecular flexibility index (Phi) is 2.62. The zero-order valence-corrected chi connectivity index (χ0v) is 9.40. The van der Waals surface area contributed by atoms with Gasteiger partial charge in [-0.15, -0.1) is 0 Å². The molecule has 4 N–H and O–H groups in total. The molecule has 0 saturated carbocycles. The maximum atomic E-state index is 6.10. The van der Waals surface area contributed by atoms with Gasteiger partial charge in [-0.25, -0.2) is 9.66 Å². The zero-order valence-electron chi connectivity index (χ0n) is 8.64. The van der Waals surface area contributed by atoms with Crippen LogP contribution in [0.1, 0.15) is 0 Å². The van der Waals surface area contributed by atoms with Gasteiger partial charge in [-0.1, -0.05) is 17.7 Å². The molecule has 0 fully saturated rings. The molecular formula is C10H11ClN4O. The predicted octanol–water partition coefficient (Wildman–Crippen LogP) is 1.51. The van der Waals surface area contributed by atoms with E-state index in [0.717, 1.165) is 0 Å². The summed E-state index contributed by atoms with van der Waals surface area (Å²) in [5.74, 6) is 6.51. The van der Waals surface area contributed by atoms with Gasteiger partial charge in [-0.05, 0) is 12.1 Å². The number of rotatable bonds is 2. The highest BCUT2D eigenvalue weighted by Crippen LogP contribution is 2.37. The summed E-state index contributed by atoms with van der Waals surface area (Å²) < 4.78 is 6.45. The zero-order chi connectivity index (χ0) is 11.7. The van der Waals surface area contributed by atoms with E-state index in [4.69, 9.17) is 27.9 Å². The molecule has 0 atom stereocenters. The molecule has 0 unspecified atom stereocenters. The Labute approximate surface area is 97.6 Å². The highest BCUT2D eigenvalue weighted by atomic mass is 35.5. The van der Waals surface area contributed by atoms with E-state index in [0.29, 0.717) is 27.8 Å². The molecule has 0 amide bonds. The Morgan fingerprint density at radius 3 is 2.75 bits per heavy atom. The summed E-state index contributed by atoms with van der Waals surface area (Å²) in [6, 6.07) is 5.32. The number of nitrogens with zero attached hydrogens (tertiary/aromatic N) is 2. The summed E-state index contributed by atoms with van der Waals surface area (Å²) in [7, 11) is 1.56. The summed E-state index contributed by atoms with van der Waals surface area (Å²) in [6.45, 7) is 0. The van der Waals surface area contributed by atoms with Crippen LogP contribution in [-0.4, -0.2) is 16.8 Å². The van der Waals surface area contributed by atoms with Crippen LogP contribution in [0.15, 0.2) is 24.5 Å². The van der Waals surface area contributed by atoms with Crippen LogP contribution in [0.5, 0.6) is 5.75 Å². The van der Waals surface area contributed by atoms with Crippen molar-refractivity contribution in [2.24, 2.45) is 0 Å². The van der Waals surface area contributed by atoms with Crippen LogP contribution in [0.3, 0.4) is 0 Å². The first-order valence-corrected chi connectivity index (χ1v) is 4.93. The third-order valence-corrected chi connectivity index (χ3v) is 2.58. The standard InChI is InChI=1S/C10H11ClN4O/c1-16-7-4-2-3-6(11)8(7)9-10(12)15(13)5-14-9/h2-5H,12-13H2,1H3. The quantitative estimate of drug-likeness (QED) is 0.778. The molecule has 1 heterocycles.